The molecule has 5 rings (SSSR count). The molecule has 0 saturated carbocycles. The number of benzene rings is 3. The van der Waals surface area contributed by atoms with Crippen molar-refractivity contribution in [2.75, 3.05) is 11.9 Å². The van der Waals surface area contributed by atoms with E-state index in [1.54, 1.807) is 22.5 Å². The van der Waals surface area contributed by atoms with Crippen molar-refractivity contribution in [3.05, 3.63) is 107 Å². The van der Waals surface area contributed by atoms with Crippen LogP contribution in [0.15, 0.2) is 94.5 Å². The third-order valence-corrected chi connectivity index (χ3v) is 9.37. The molecule has 0 fully saturated rings. The number of hydrogen-bond donors (Lipinski definition) is 1. The lowest BCUT2D eigenvalue weighted by molar-refractivity contribution is 0.326. The van der Waals surface area contributed by atoms with E-state index in [0.29, 0.717) is 22.7 Å². The highest BCUT2D eigenvalue weighted by Gasteiger charge is 2.35. The van der Waals surface area contributed by atoms with E-state index in [1.165, 1.54) is 11.3 Å². The zero-order valence-corrected chi connectivity index (χ0v) is 20.0. The predicted octanol–water partition coefficient (Wildman–Crippen LogP) is 5.51. The van der Waals surface area contributed by atoms with E-state index < -0.39 is 10.0 Å². The van der Waals surface area contributed by atoms with Crippen molar-refractivity contribution in [1.29, 1.82) is 5.26 Å². The lowest BCUT2D eigenvalue weighted by Gasteiger charge is -2.28. The highest BCUT2D eigenvalue weighted by Crippen LogP contribution is 2.34. The van der Waals surface area contributed by atoms with Crippen LogP contribution >= 0.6 is 11.3 Å². The van der Waals surface area contributed by atoms with Crippen LogP contribution in [0.2, 0.25) is 0 Å². The van der Waals surface area contributed by atoms with Crippen LogP contribution in [0.5, 0.6) is 0 Å². The van der Waals surface area contributed by atoms with E-state index in [0.717, 1.165) is 27.9 Å². The molecular weight excluding hydrogens is 462 g/mol. The van der Waals surface area contributed by atoms with Crippen molar-refractivity contribution in [3.8, 4) is 17.2 Å². The number of rotatable bonds is 5. The number of sulfonamides is 1. The Morgan fingerprint density at radius 1 is 0.971 bits per heavy atom. The molecule has 0 bridgehead atoms. The van der Waals surface area contributed by atoms with Gasteiger partial charge in [-0.1, -0.05) is 60.7 Å². The normalized spacial score (nSPS) is 16.1. The van der Waals surface area contributed by atoms with Gasteiger partial charge in [0.1, 0.15) is 4.21 Å². The van der Waals surface area contributed by atoms with Gasteiger partial charge >= 0.3 is 0 Å². The molecule has 0 amide bonds. The Labute approximate surface area is 204 Å². The monoisotopic (exact) mass is 485 g/mol. The van der Waals surface area contributed by atoms with Crippen LogP contribution in [0.1, 0.15) is 16.7 Å². The van der Waals surface area contributed by atoms with Crippen molar-refractivity contribution in [1.82, 2.24) is 4.31 Å². The van der Waals surface area contributed by atoms with E-state index >= 15 is 0 Å². The molecule has 170 valence electrons. The average Bonchev–Trinajstić information content (AvgIpc) is 3.31. The van der Waals surface area contributed by atoms with Gasteiger partial charge in [0.15, 0.2) is 0 Å². The van der Waals surface area contributed by atoms with Gasteiger partial charge in [0.2, 0.25) is 0 Å². The quantitative estimate of drug-likeness (QED) is 0.404. The van der Waals surface area contributed by atoms with Crippen molar-refractivity contribution in [2.45, 2.75) is 23.2 Å². The minimum atomic E-state index is -3.78. The largest absolute Gasteiger partial charge is 0.383 e. The standard InChI is InChI=1S/C27H23N3O2S2/c28-16-21-11-12-26-23(13-21)18-30(25(17-29-26)14-20-7-3-1-4-8-20)34(31,32)27-15-24(19-33-27)22-9-5-2-6-10-22/h1-13,15,19,25,29H,14,17-18H2. The number of fused-ring (bicyclic) bond motifs is 1. The molecule has 5 nitrogen and oxygen atoms in total. The van der Waals surface area contributed by atoms with Crippen molar-refractivity contribution < 1.29 is 8.42 Å². The Balaban J connectivity index is 1.54. The third-order valence-electron chi connectivity index (χ3n) is 6.06. The first-order chi connectivity index (χ1) is 16.5. The van der Waals surface area contributed by atoms with Crippen LogP contribution in [0, 0.1) is 11.3 Å². The first kappa shape index (κ1) is 22.4. The van der Waals surface area contributed by atoms with E-state index in [9.17, 15) is 13.7 Å². The van der Waals surface area contributed by atoms with Crippen LogP contribution in [0.4, 0.5) is 5.69 Å². The Bertz CT molecular complexity index is 1440. The molecule has 1 unspecified atom stereocenters. The fourth-order valence-corrected chi connectivity index (χ4v) is 7.20. The van der Waals surface area contributed by atoms with Gasteiger partial charge in [-0.3, -0.25) is 0 Å². The van der Waals surface area contributed by atoms with Gasteiger partial charge in [-0.15, -0.1) is 11.3 Å². The summed E-state index contributed by atoms with van der Waals surface area (Å²) < 4.78 is 29.9. The molecule has 3 aromatic carbocycles. The Kier molecular flexibility index (Phi) is 6.20. The summed E-state index contributed by atoms with van der Waals surface area (Å²) in [6.07, 6.45) is 0.586. The fraction of sp³-hybridized carbons (Fsp3) is 0.148. The molecular formula is C27H23N3O2S2. The molecule has 7 heteroatoms. The van der Waals surface area contributed by atoms with Crippen LogP contribution in [0.25, 0.3) is 11.1 Å². The van der Waals surface area contributed by atoms with Gasteiger partial charge in [0.05, 0.1) is 11.6 Å². The molecule has 1 aliphatic rings. The van der Waals surface area contributed by atoms with Crippen LogP contribution in [-0.4, -0.2) is 25.3 Å². The molecule has 1 N–H and O–H groups in total. The number of thiophene rings is 1. The topological polar surface area (TPSA) is 73.2 Å². The Morgan fingerprint density at radius 2 is 1.71 bits per heavy atom. The zero-order valence-electron chi connectivity index (χ0n) is 18.4. The number of anilines is 1. The summed E-state index contributed by atoms with van der Waals surface area (Å²) in [5.74, 6) is 0. The van der Waals surface area contributed by atoms with Crippen LogP contribution < -0.4 is 5.32 Å². The molecule has 1 aromatic heterocycles. The lowest BCUT2D eigenvalue weighted by Crippen LogP contribution is -2.43. The molecule has 0 aliphatic carbocycles. The molecule has 2 heterocycles. The van der Waals surface area contributed by atoms with E-state index in [-0.39, 0.29) is 12.6 Å². The summed E-state index contributed by atoms with van der Waals surface area (Å²) in [6.45, 7) is 0.681. The number of nitriles is 1. The highest BCUT2D eigenvalue weighted by molar-refractivity contribution is 7.91. The predicted molar refractivity (Wildman–Crippen MR) is 136 cm³/mol. The number of nitrogens with zero attached hydrogens (tertiary/aromatic N) is 2. The van der Waals surface area contributed by atoms with Gasteiger partial charge in [-0.05, 0) is 58.3 Å². The summed E-state index contributed by atoms with van der Waals surface area (Å²) in [6, 6.07) is 28.8. The molecule has 4 aromatic rings. The zero-order chi connectivity index (χ0) is 23.5. The molecule has 0 spiro atoms. The second-order valence-corrected chi connectivity index (χ2v) is 11.3. The van der Waals surface area contributed by atoms with E-state index in [2.05, 4.69) is 11.4 Å². The number of hydrogen-bond acceptors (Lipinski definition) is 5. The first-order valence-electron chi connectivity index (χ1n) is 11.0. The SMILES string of the molecule is N#Cc1ccc2c(c1)CN(S(=O)(=O)c1cc(-c3ccccc3)cs1)C(Cc1ccccc1)CN2. The Hall–Kier alpha value is -3.44. The van der Waals surface area contributed by atoms with Crippen molar-refractivity contribution >= 4 is 27.0 Å². The maximum absolute atomic E-state index is 14.0. The van der Waals surface area contributed by atoms with Gasteiger partial charge in [0, 0.05) is 24.8 Å². The van der Waals surface area contributed by atoms with E-state index in [1.807, 2.05) is 72.1 Å². The molecule has 34 heavy (non-hydrogen) atoms. The maximum atomic E-state index is 14.0. The van der Waals surface area contributed by atoms with Crippen molar-refractivity contribution in [3.63, 3.8) is 0 Å². The lowest BCUT2D eigenvalue weighted by atomic mass is 10.1. The summed E-state index contributed by atoms with van der Waals surface area (Å²) in [5.41, 5.74) is 5.15. The van der Waals surface area contributed by atoms with Crippen LogP contribution in [0.3, 0.4) is 0 Å². The molecule has 1 aliphatic heterocycles. The molecule has 1 atom stereocenters. The van der Waals surface area contributed by atoms with Gasteiger partial charge in [-0.2, -0.15) is 9.57 Å². The average molecular weight is 486 g/mol. The summed E-state index contributed by atoms with van der Waals surface area (Å²) in [4.78, 5) is 0. The second-order valence-electron chi connectivity index (χ2n) is 8.28. The minimum absolute atomic E-state index is 0.205. The smallest absolute Gasteiger partial charge is 0.253 e. The van der Waals surface area contributed by atoms with Crippen molar-refractivity contribution in [2.24, 2.45) is 0 Å². The highest BCUT2D eigenvalue weighted by atomic mass is 32.2. The summed E-state index contributed by atoms with van der Waals surface area (Å²) in [7, 11) is -3.78. The van der Waals surface area contributed by atoms with Gasteiger partial charge < -0.3 is 5.32 Å². The Morgan fingerprint density at radius 3 is 2.44 bits per heavy atom. The van der Waals surface area contributed by atoms with E-state index in [4.69, 9.17) is 0 Å². The second kappa shape index (κ2) is 9.43. The third kappa shape index (κ3) is 4.48. The molecule has 0 radical (unpaired) electrons. The summed E-state index contributed by atoms with van der Waals surface area (Å²) >= 11 is 1.25. The van der Waals surface area contributed by atoms with Gasteiger partial charge in [-0.25, -0.2) is 8.42 Å². The first-order valence-corrected chi connectivity index (χ1v) is 13.3. The maximum Gasteiger partial charge on any atom is 0.253 e. The summed E-state index contributed by atoms with van der Waals surface area (Å²) in [5, 5.41) is 14.7. The van der Waals surface area contributed by atoms with Crippen LogP contribution in [-0.2, 0) is 23.0 Å². The van der Waals surface area contributed by atoms with Gasteiger partial charge in [0.25, 0.3) is 10.0 Å². The number of nitrogens with one attached hydrogen (secondary N) is 1. The molecule has 0 saturated heterocycles. The minimum Gasteiger partial charge on any atom is -0.383 e. The fourth-order valence-electron chi connectivity index (χ4n) is 4.28.